The fourth-order valence-electron chi connectivity index (χ4n) is 4.01. The van der Waals surface area contributed by atoms with E-state index in [0.29, 0.717) is 0 Å². The molecule has 0 spiro atoms. The summed E-state index contributed by atoms with van der Waals surface area (Å²) in [7, 11) is 0. The molecule has 0 heterocycles. The zero-order chi connectivity index (χ0) is 20.4. The van der Waals surface area contributed by atoms with E-state index in [2.05, 4.69) is 101 Å². The molecule has 0 aromatic heterocycles. The van der Waals surface area contributed by atoms with Crippen molar-refractivity contribution < 1.29 is 26.8 Å². The predicted molar refractivity (Wildman–Crippen MR) is 117 cm³/mol. The fraction of sp³-hybridized carbons (Fsp3) is 0.231. The van der Waals surface area contributed by atoms with E-state index in [1.165, 1.54) is 17.7 Å². The van der Waals surface area contributed by atoms with Gasteiger partial charge in [-0.15, -0.1) is 0 Å². The van der Waals surface area contributed by atoms with Crippen molar-refractivity contribution >= 4 is 0 Å². The third-order valence-corrected chi connectivity index (χ3v) is 14.0. The van der Waals surface area contributed by atoms with Crippen molar-refractivity contribution in [2.45, 2.75) is 40.5 Å². The molecule has 148 valence electrons. The molecule has 0 fully saturated rings. The van der Waals surface area contributed by atoms with Crippen LogP contribution in [0.25, 0.3) is 0 Å². The third-order valence-electron chi connectivity index (χ3n) is 5.56. The molecule has 2 aliphatic rings. The molecule has 29 heavy (non-hydrogen) atoms. The van der Waals surface area contributed by atoms with Crippen LogP contribution in [-0.4, -0.2) is 0 Å². The molecular weight excluding hydrogens is 436 g/mol. The Morgan fingerprint density at radius 1 is 0.655 bits per heavy atom. The maximum absolute atomic E-state index is 7.02. The average molecular weight is 464 g/mol. The Morgan fingerprint density at radius 2 is 1.10 bits per heavy atom. The van der Waals surface area contributed by atoms with E-state index in [1.54, 1.807) is 0 Å². The molecule has 0 saturated heterocycles. The molecule has 0 aliphatic heterocycles. The van der Waals surface area contributed by atoms with E-state index in [9.17, 15) is 0 Å². The Hall–Kier alpha value is -2.12. The van der Waals surface area contributed by atoms with E-state index >= 15 is 0 Å². The summed E-state index contributed by atoms with van der Waals surface area (Å²) in [6.45, 7) is 8.48. The molecule has 0 unspecified atom stereocenters. The summed E-state index contributed by atoms with van der Waals surface area (Å²) in [6.07, 6.45) is 15.0. The number of hydrogen-bond acceptors (Lipinski definition) is 2. The van der Waals surface area contributed by atoms with E-state index in [1.807, 2.05) is 0 Å². The van der Waals surface area contributed by atoms with Gasteiger partial charge in [0.1, 0.15) is 0 Å². The van der Waals surface area contributed by atoms with Crippen LogP contribution in [-0.2, 0) is 21.1 Å². The van der Waals surface area contributed by atoms with Crippen molar-refractivity contribution in [3.8, 4) is 11.5 Å². The number of benzene rings is 2. The Labute approximate surface area is 179 Å². The van der Waals surface area contributed by atoms with Crippen molar-refractivity contribution in [3.63, 3.8) is 0 Å². The Morgan fingerprint density at radius 3 is 1.45 bits per heavy atom. The van der Waals surface area contributed by atoms with Crippen LogP contribution in [0, 0.1) is 27.7 Å². The van der Waals surface area contributed by atoms with Gasteiger partial charge in [0.2, 0.25) is 0 Å². The number of aryl methyl sites for hydroxylation is 4. The van der Waals surface area contributed by atoms with E-state index in [4.69, 9.17) is 5.63 Å². The van der Waals surface area contributed by atoms with Gasteiger partial charge in [0.15, 0.2) is 0 Å². The zero-order valence-electron chi connectivity index (χ0n) is 17.7. The predicted octanol–water partition coefficient (Wildman–Crippen LogP) is 7.05. The van der Waals surface area contributed by atoms with Crippen LogP contribution in [0.2, 0.25) is 0 Å². The van der Waals surface area contributed by atoms with Gasteiger partial charge in [-0.2, -0.15) is 0 Å². The topological polar surface area (TPSA) is 18.5 Å². The normalized spacial score (nSPS) is 15.4. The Kier molecular flexibility index (Phi) is 5.79. The van der Waals surface area contributed by atoms with Crippen LogP contribution < -0.4 is 5.63 Å². The van der Waals surface area contributed by atoms with Crippen LogP contribution in [0.3, 0.4) is 0 Å². The summed E-state index contributed by atoms with van der Waals surface area (Å²) >= 11 is -3.91. The van der Waals surface area contributed by atoms with Gasteiger partial charge in [0, 0.05) is 0 Å². The monoisotopic (exact) mass is 462 g/mol. The van der Waals surface area contributed by atoms with Crippen molar-refractivity contribution in [1.82, 2.24) is 0 Å². The summed E-state index contributed by atoms with van der Waals surface area (Å²) in [6, 6.07) is 12.8. The first-order valence-electron chi connectivity index (χ1n) is 10.2. The van der Waals surface area contributed by atoms with Gasteiger partial charge in [0.05, 0.1) is 0 Å². The van der Waals surface area contributed by atoms with Crippen molar-refractivity contribution in [2.75, 3.05) is 0 Å². The van der Waals surface area contributed by atoms with Gasteiger partial charge < -0.3 is 0 Å². The van der Waals surface area contributed by atoms with Crippen LogP contribution in [0.1, 0.15) is 35.1 Å². The van der Waals surface area contributed by atoms with Gasteiger partial charge in [-0.05, 0) is 0 Å². The third kappa shape index (κ3) is 4.12. The Balaban J connectivity index is 1.83. The zero-order valence-corrected chi connectivity index (χ0v) is 20.1. The van der Waals surface area contributed by atoms with Crippen LogP contribution in [0.5, 0.6) is 11.5 Å². The molecular formula is C26H28O2Zr. The summed E-state index contributed by atoms with van der Waals surface area (Å²) < 4.78 is 16.7. The average Bonchev–Trinajstić information content (AvgIpc) is 3.39. The van der Waals surface area contributed by atoms with E-state index in [-0.39, 0.29) is 0 Å². The first-order chi connectivity index (χ1) is 14.0. The quantitative estimate of drug-likeness (QED) is 0.457. The van der Waals surface area contributed by atoms with Crippen LogP contribution in [0.4, 0.5) is 0 Å². The molecule has 0 saturated carbocycles. The Bertz CT molecular complexity index is 971. The van der Waals surface area contributed by atoms with Gasteiger partial charge in [-0.1, -0.05) is 0 Å². The minimum absolute atomic E-state index is 0.906. The first-order valence-corrected chi connectivity index (χ1v) is 14.7. The fourth-order valence-corrected chi connectivity index (χ4v) is 12.5. The van der Waals surface area contributed by atoms with E-state index in [0.717, 1.165) is 35.5 Å². The second-order valence-corrected chi connectivity index (χ2v) is 15.2. The first kappa shape index (κ1) is 20.2. The standard InChI is InChI=1S/2C8H10O.2C5H5.Zr/c2*1-6-3-4-8(9)7(2)5-6;2*1-2-4-5-3-1;/h2*3-5,9H,1-2H3;2*1-3H,4H2;/q;;;;+2/p-2. The number of rotatable bonds is 6. The molecule has 0 bridgehead atoms. The molecule has 2 aliphatic carbocycles. The molecule has 3 heteroatoms. The maximum atomic E-state index is 7.02. The van der Waals surface area contributed by atoms with Gasteiger partial charge in [-0.3, -0.25) is 0 Å². The van der Waals surface area contributed by atoms with Crippen molar-refractivity contribution in [1.29, 1.82) is 0 Å². The molecule has 0 atom stereocenters. The van der Waals surface area contributed by atoms with Gasteiger partial charge in [-0.25, -0.2) is 0 Å². The van der Waals surface area contributed by atoms with Crippen molar-refractivity contribution in [2.24, 2.45) is 0 Å². The molecule has 4 rings (SSSR count). The van der Waals surface area contributed by atoms with Gasteiger partial charge in [0.25, 0.3) is 0 Å². The number of hydrogen-bond donors (Lipinski definition) is 0. The summed E-state index contributed by atoms with van der Waals surface area (Å²) in [5.41, 5.74) is 4.81. The van der Waals surface area contributed by atoms with Gasteiger partial charge >= 0.3 is 180 Å². The molecule has 2 aromatic rings. The molecule has 2 nitrogen and oxygen atoms in total. The molecule has 0 N–H and O–H groups in total. The van der Waals surface area contributed by atoms with Crippen LogP contribution >= 0.6 is 0 Å². The number of allylic oxidation sites excluding steroid dienone is 8. The summed E-state index contributed by atoms with van der Waals surface area (Å²) in [5, 5.41) is 0. The minimum atomic E-state index is -3.91. The summed E-state index contributed by atoms with van der Waals surface area (Å²) in [5.74, 6) is 1.88. The second-order valence-electron chi connectivity index (χ2n) is 8.01. The SMILES string of the molecule is Cc1ccc([O][Zr]([O]c2ccc(C)cc2C)([C]2=CC=CC2)[C]2=CC=CC2)c(C)c1. The summed E-state index contributed by atoms with van der Waals surface area (Å²) in [4.78, 5) is 0. The van der Waals surface area contributed by atoms with E-state index < -0.39 is 21.1 Å². The van der Waals surface area contributed by atoms with Crippen LogP contribution in [0.15, 0.2) is 79.4 Å². The molecule has 0 radical (unpaired) electrons. The second kappa shape index (κ2) is 8.32. The molecule has 0 amide bonds. The van der Waals surface area contributed by atoms with Crippen molar-refractivity contribution in [3.05, 3.63) is 102 Å². The molecule has 2 aromatic carbocycles.